The van der Waals surface area contributed by atoms with Crippen LogP contribution in [0.25, 0.3) is 0 Å². The number of methoxy groups -OCH3 is 1. The Morgan fingerprint density at radius 3 is 2.96 bits per heavy atom. The van der Waals surface area contributed by atoms with Gasteiger partial charge in [-0.15, -0.1) is 5.10 Å². The van der Waals surface area contributed by atoms with Gasteiger partial charge in [0, 0.05) is 31.6 Å². The fourth-order valence-corrected chi connectivity index (χ4v) is 3.20. The number of aliphatic hydroxyl groups excluding tert-OH is 1. The molecule has 1 saturated heterocycles. The summed E-state index contributed by atoms with van der Waals surface area (Å²) < 4.78 is 12.8. The molecule has 0 bridgehead atoms. The molecule has 1 aliphatic rings. The van der Waals surface area contributed by atoms with Gasteiger partial charge in [0.15, 0.2) is 0 Å². The minimum absolute atomic E-state index is 0.00584. The maximum atomic E-state index is 12.3. The number of carbonyl (C=O) groups excluding carboxylic acids is 1. The number of aliphatic hydroxyl groups is 1. The van der Waals surface area contributed by atoms with Gasteiger partial charge < -0.3 is 19.9 Å². The molecule has 1 aliphatic heterocycles. The van der Waals surface area contributed by atoms with Crippen molar-refractivity contribution in [2.75, 3.05) is 13.7 Å². The summed E-state index contributed by atoms with van der Waals surface area (Å²) in [5.74, 6) is -0.184. The molecule has 0 unspecified atom stereocenters. The second kappa shape index (κ2) is 9.54. The van der Waals surface area contributed by atoms with Crippen LogP contribution in [0.5, 0.6) is 0 Å². The van der Waals surface area contributed by atoms with Crippen LogP contribution in [-0.4, -0.2) is 63.0 Å². The van der Waals surface area contributed by atoms with Gasteiger partial charge >= 0.3 is 0 Å². The lowest BCUT2D eigenvalue weighted by Crippen LogP contribution is -2.51. The third-order valence-electron chi connectivity index (χ3n) is 4.61. The summed E-state index contributed by atoms with van der Waals surface area (Å²) >= 11 is 0. The van der Waals surface area contributed by atoms with Crippen LogP contribution in [0.15, 0.2) is 30.7 Å². The van der Waals surface area contributed by atoms with Crippen LogP contribution in [0.3, 0.4) is 0 Å². The fraction of sp³-hybridized carbons (Fsp3) is 0.556. The topological polar surface area (TPSA) is 111 Å². The lowest BCUT2D eigenvalue weighted by Gasteiger charge is -2.36. The Morgan fingerprint density at radius 2 is 2.22 bits per heavy atom. The van der Waals surface area contributed by atoms with Crippen LogP contribution in [0.2, 0.25) is 0 Å². The van der Waals surface area contributed by atoms with Crippen molar-refractivity contribution in [1.82, 2.24) is 25.3 Å². The monoisotopic (exact) mass is 375 g/mol. The van der Waals surface area contributed by atoms with E-state index in [0.29, 0.717) is 18.7 Å². The lowest BCUT2D eigenvalue weighted by molar-refractivity contribution is -0.0912. The first-order chi connectivity index (χ1) is 13.2. The molecule has 3 rings (SSSR count). The van der Waals surface area contributed by atoms with Crippen molar-refractivity contribution < 1.29 is 19.4 Å². The highest BCUT2D eigenvalue weighted by atomic mass is 16.5. The molecule has 2 N–H and O–H groups in total. The first-order valence-corrected chi connectivity index (χ1v) is 9.04. The molecule has 9 heteroatoms. The van der Waals surface area contributed by atoms with Gasteiger partial charge in [-0.3, -0.25) is 14.5 Å². The molecule has 9 nitrogen and oxygen atoms in total. The second-order valence-corrected chi connectivity index (χ2v) is 6.57. The molecule has 0 aromatic carbocycles. The Labute approximate surface area is 157 Å². The van der Waals surface area contributed by atoms with E-state index < -0.39 is 6.10 Å². The average Bonchev–Trinajstić information content (AvgIpc) is 3.15. The summed E-state index contributed by atoms with van der Waals surface area (Å²) in [5.41, 5.74) is 1.33. The Kier molecular flexibility index (Phi) is 6.86. The number of pyridine rings is 1. The van der Waals surface area contributed by atoms with Crippen molar-refractivity contribution in [3.05, 3.63) is 42.0 Å². The number of nitrogens with zero attached hydrogens (tertiary/aromatic N) is 4. The minimum Gasteiger partial charge on any atom is -0.394 e. The van der Waals surface area contributed by atoms with E-state index in [-0.39, 0.29) is 24.7 Å². The van der Waals surface area contributed by atoms with E-state index in [2.05, 4.69) is 20.6 Å². The molecule has 1 fully saturated rings. The third kappa shape index (κ3) is 5.31. The first kappa shape index (κ1) is 19.4. The first-order valence-electron chi connectivity index (χ1n) is 9.04. The lowest BCUT2D eigenvalue weighted by atomic mass is 9.97. The summed E-state index contributed by atoms with van der Waals surface area (Å²) in [6.45, 7) is 0.970. The molecule has 0 aliphatic carbocycles. The van der Waals surface area contributed by atoms with Crippen LogP contribution in [0.1, 0.15) is 35.3 Å². The highest BCUT2D eigenvalue weighted by Crippen LogP contribution is 2.22. The molecule has 0 radical (unpaired) electrons. The van der Waals surface area contributed by atoms with Crippen LogP contribution in [0, 0.1) is 0 Å². The molecular formula is C18H25N5O4. The summed E-state index contributed by atoms with van der Waals surface area (Å²) in [6, 6.07) is 3.10. The molecule has 1 amide bonds. The van der Waals surface area contributed by atoms with Crippen molar-refractivity contribution in [3.8, 4) is 0 Å². The Morgan fingerprint density at radius 1 is 1.41 bits per heavy atom. The van der Waals surface area contributed by atoms with E-state index in [1.54, 1.807) is 36.3 Å². The number of aryl methyl sites for hydroxylation is 1. The van der Waals surface area contributed by atoms with Crippen molar-refractivity contribution >= 4 is 5.91 Å². The standard InChI is InChI=1S/C18H25N5O4/c1-26-12-14-10-23(22-21-14)9-6-15-2-3-16(17(11-24)27-15)20-18(25)13-4-7-19-8-5-13/h4-5,7-8,10,15-17,24H,2-3,6,9,11-12H2,1H3,(H,20,25)/t15-,16-,17-/m0/s1. The maximum Gasteiger partial charge on any atom is 0.251 e. The molecular weight excluding hydrogens is 350 g/mol. The van der Waals surface area contributed by atoms with Crippen LogP contribution < -0.4 is 5.32 Å². The van der Waals surface area contributed by atoms with Crippen molar-refractivity contribution in [2.24, 2.45) is 0 Å². The van der Waals surface area contributed by atoms with E-state index in [4.69, 9.17) is 9.47 Å². The number of hydrogen-bond acceptors (Lipinski definition) is 7. The van der Waals surface area contributed by atoms with E-state index in [1.807, 2.05) is 6.20 Å². The number of ether oxygens (including phenoxy) is 2. The highest BCUT2D eigenvalue weighted by molar-refractivity contribution is 5.94. The zero-order valence-corrected chi connectivity index (χ0v) is 15.3. The van der Waals surface area contributed by atoms with Crippen LogP contribution in [0.4, 0.5) is 0 Å². The van der Waals surface area contributed by atoms with Gasteiger partial charge in [0.2, 0.25) is 0 Å². The summed E-state index contributed by atoms with van der Waals surface area (Å²) in [7, 11) is 1.62. The Bertz CT molecular complexity index is 724. The number of aromatic nitrogens is 4. The number of rotatable bonds is 8. The van der Waals surface area contributed by atoms with E-state index >= 15 is 0 Å². The maximum absolute atomic E-state index is 12.3. The van der Waals surface area contributed by atoms with Crippen molar-refractivity contribution in [1.29, 1.82) is 0 Å². The SMILES string of the molecule is COCc1cn(CC[C@@H]2CC[C@H](NC(=O)c3ccncc3)[C@H](CO)O2)nn1. The van der Waals surface area contributed by atoms with Gasteiger partial charge in [-0.05, 0) is 31.4 Å². The van der Waals surface area contributed by atoms with E-state index in [1.165, 1.54) is 0 Å². The zero-order valence-electron chi connectivity index (χ0n) is 15.3. The van der Waals surface area contributed by atoms with Gasteiger partial charge in [-0.2, -0.15) is 0 Å². The average molecular weight is 375 g/mol. The molecule has 3 heterocycles. The van der Waals surface area contributed by atoms with Crippen molar-refractivity contribution in [3.63, 3.8) is 0 Å². The Hall–Kier alpha value is -2.36. The summed E-state index contributed by atoms with van der Waals surface area (Å²) in [4.78, 5) is 16.2. The smallest absolute Gasteiger partial charge is 0.251 e. The van der Waals surface area contributed by atoms with E-state index in [0.717, 1.165) is 25.0 Å². The molecule has 2 aromatic rings. The molecule has 0 saturated carbocycles. The summed E-state index contributed by atoms with van der Waals surface area (Å²) in [6.07, 6.45) is 6.91. The van der Waals surface area contributed by atoms with Crippen LogP contribution >= 0.6 is 0 Å². The predicted octanol–water partition coefficient (Wildman–Crippen LogP) is 0.548. The van der Waals surface area contributed by atoms with Gasteiger partial charge in [-0.25, -0.2) is 0 Å². The summed E-state index contributed by atoms with van der Waals surface area (Å²) in [5, 5.41) is 20.7. The second-order valence-electron chi connectivity index (χ2n) is 6.57. The third-order valence-corrected chi connectivity index (χ3v) is 4.61. The van der Waals surface area contributed by atoms with E-state index in [9.17, 15) is 9.90 Å². The quantitative estimate of drug-likeness (QED) is 0.693. The van der Waals surface area contributed by atoms with Gasteiger partial charge in [0.05, 0.1) is 31.6 Å². The molecule has 146 valence electrons. The molecule has 27 heavy (non-hydrogen) atoms. The van der Waals surface area contributed by atoms with Gasteiger partial charge in [0.1, 0.15) is 11.8 Å². The number of carbonyl (C=O) groups is 1. The normalized spacial score (nSPS) is 22.5. The Balaban J connectivity index is 1.49. The fourth-order valence-electron chi connectivity index (χ4n) is 3.20. The number of amides is 1. The molecule has 0 spiro atoms. The largest absolute Gasteiger partial charge is 0.394 e. The molecule has 3 atom stereocenters. The number of nitrogens with one attached hydrogen (secondary N) is 1. The zero-order chi connectivity index (χ0) is 19.1. The van der Waals surface area contributed by atoms with Gasteiger partial charge in [0.25, 0.3) is 5.91 Å². The predicted molar refractivity (Wildman–Crippen MR) is 95.8 cm³/mol. The van der Waals surface area contributed by atoms with Gasteiger partial charge in [-0.1, -0.05) is 5.21 Å². The molecule has 2 aromatic heterocycles. The highest BCUT2D eigenvalue weighted by Gasteiger charge is 2.32. The van der Waals surface area contributed by atoms with Crippen LogP contribution in [-0.2, 0) is 22.6 Å². The minimum atomic E-state index is -0.422. The number of hydrogen-bond donors (Lipinski definition) is 2. The van der Waals surface area contributed by atoms with Crippen molar-refractivity contribution in [2.45, 2.75) is 50.7 Å².